The van der Waals surface area contributed by atoms with Gasteiger partial charge in [0.15, 0.2) is 3.23 Å². The first kappa shape index (κ1) is 15.4. The van der Waals surface area contributed by atoms with Crippen LogP contribution in [-0.4, -0.2) is 29.0 Å². The van der Waals surface area contributed by atoms with Crippen LogP contribution in [0.25, 0.3) is 0 Å². The van der Waals surface area contributed by atoms with E-state index in [1.807, 2.05) is 0 Å². The minimum absolute atomic E-state index is 0.168. The number of rotatable bonds is 2. The van der Waals surface area contributed by atoms with Crippen LogP contribution < -0.4 is 4.90 Å². The van der Waals surface area contributed by atoms with Crippen molar-refractivity contribution in [2.75, 3.05) is 11.4 Å². The van der Waals surface area contributed by atoms with Crippen molar-refractivity contribution in [2.45, 2.75) is 29.6 Å². The number of pyridine rings is 1. The van der Waals surface area contributed by atoms with Gasteiger partial charge in [0.25, 0.3) is 5.91 Å². The Balaban J connectivity index is 2.26. The van der Waals surface area contributed by atoms with Gasteiger partial charge in [0.2, 0.25) is 0 Å². The Morgan fingerprint density at radius 3 is 2.70 bits per heavy atom. The van der Waals surface area contributed by atoms with Gasteiger partial charge in [-0.25, -0.2) is 4.98 Å². The maximum Gasteiger partial charge on any atom is 0.326 e. The summed E-state index contributed by atoms with van der Waals surface area (Å²) in [7, 11) is 0. The lowest BCUT2D eigenvalue weighted by molar-refractivity contribution is -0.153. The van der Waals surface area contributed by atoms with Crippen LogP contribution >= 0.6 is 31.9 Å². The third-order valence-electron chi connectivity index (χ3n) is 2.60. The number of alkyl halides is 2. The number of ether oxygens (including phenoxy) is 1. The Labute approximate surface area is 133 Å². The second-order valence-corrected chi connectivity index (χ2v) is 8.87. The monoisotopic (exact) mass is 404 g/mol. The molecule has 1 aliphatic rings. The van der Waals surface area contributed by atoms with Crippen molar-refractivity contribution in [3.63, 3.8) is 0 Å². The zero-order chi connectivity index (χ0) is 15.1. The van der Waals surface area contributed by atoms with Gasteiger partial charge in [-0.2, -0.15) is 0 Å². The summed E-state index contributed by atoms with van der Waals surface area (Å²) in [5, 5.41) is 0. The highest BCUT2D eigenvalue weighted by molar-refractivity contribution is 9.25. The van der Waals surface area contributed by atoms with Crippen LogP contribution in [0.4, 0.5) is 5.82 Å². The van der Waals surface area contributed by atoms with E-state index in [4.69, 9.17) is 4.74 Å². The van der Waals surface area contributed by atoms with Gasteiger partial charge in [0, 0.05) is 11.8 Å². The maximum absolute atomic E-state index is 12.4. The highest BCUT2D eigenvalue weighted by Crippen LogP contribution is 2.49. The van der Waals surface area contributed by atoms with Gasteiger partial charge in [-0.15, -0.1) is 0 Å². The van der Waals surface area contributed by atoms with Gasteiger partial charge < -0.3 is 4.74 Å². The number of carbonyl (C=O) groups excluding carboxylic acids is 2. The Kier molecular flexibility index (Phi) is 3.94. The quantitative estimate of drug-likeness (QED) is 0.560. The molecule has 0 saturated heterocycles. The molecule has 7 heteroatoms. The molecule has 1 aromatic rings. The van der Waals surface area contributed by atoms with Gasteiger partial charge in [-0.05, 0) is 26.8 Å². The first-order valence-electron chi connectivity index (χ1n) is 6.00. The number of hydrogen-bond acceptors (Lipinski definition) is 4. The van der Waals surface area contributed by atoms with Crippen LogP contribution in [0.3, 0.4) is 0 Å². The second-order valence-electron chi connectivity index (χ2n) is 5.43. The van der Waals surface area contributed by atoms with Crippen LogP contribution in [0.2, 0.25) is 0 Å². The van der Waals surface area contributed by atoms with Crippen LogP contribution in [0.5, 0.6) is 0 Å². The number of hydrogen-bond donors (Lipinski definition) is 0. The van der Waals surface area contributed by atoms with Gasteiger partial charge in [0.05, 0.1) is 0 Å². The fourth-order valence-electron chi connectivity index (χ4n) is 1.89. The van der Waals surface area contributed by atoms with E-state index in [1.165, 1.54) is 4.90 Å². The third kappa shape index (κ3) is 2.88. The lowest BCUT2D eigenvalue weighted by atomic mass is 10.2. The Morgan fingerprint density at radius 2 is 2.10 bits per heavy atom. The number of carbonyl (C=O) groups is 2. The van der Waals surface area contributed by atoms with Crippen LogP contribution in [0.15, 0.2) is 18.3 Å². The summed E-state index contributed by atoms with van der Waals surface area (Å²) in [6.07, 6.45) is 1.58. The molecule has 0 bridgehead atoms. The molecule has 0 fully saturated rings. The van der Waals surface area contributed by atoms with Gasteiger partial charge in [0.1, 0.15) is 18.0 Å². The summed E-state index contributed by atoms with van der Waals surface area (Å²) in [4.78, 5) is 29.8. The fraction of sp³-hybridized carbons (Fsp3) is 0.462. The van der Waals surface area contributed by atoms with Crippen molar-refractivity contribution in [3.05, 3.63) is 23.9 Å². The summed E-state index contributed by atoms with van der Waals surface area (Å²) < 4.78 is 4.20. The molecule has 0 radical (unpaired) electrons. The zero-order valence-corrected chi connectivity index (χ0v) is 14.5. The fourth-order valence-corrected chi connectivity index (χ4v) is 2.93. The lowest BCUT2D eigenvalue weighted by Crippen LogP contribution is -2.39. The smallest absolute Gasteiger partial charge is 0.326 e. The van der Waals surface area contributed by atoms with Crippen molar-refractivity contribution < 1.29 is 14.3 Å². The van der Waals surface area contributed by atoms with Gasteiger partial charge >= 0.3 is 5.97 Å². The molecule has 0 N–H and O–H groups in total. The number of aromatic nitrogens is 1. The molecule has 0 atom stereocenters. The molecule has 1 aromatic heterocycles. The topological polar surface area (TPSA) is 59.5 Å². The highest BCUT2D eigenvalue weighted by Gasteiger charge is 2.49. The average Bonchev–Trinajstić information content (AvgIpc) is 2.49. The predicted octanol–water partition coefficient (Wildman–Crippen LogP) is 2.71. The molecule has 2 rings (SSSR count). The van der Waals surface area contributed by atoms with Gasteiger partial charge in [-0.3, -0.25) is 14.5 Å². The molecule has 0 aromatic carbocycles. The van der Waals surface area contributed by atoms with Crippen molar-refractivity contribution in [2.24, 2.45) is 0 Å². The molecule has 0 spiro atoms. The van der Waals surface area contributed by atoms with Crippen molar-refractivity contribution in [1.82, 2.24) is 4.98 Å². The minimum atomic E-state index is -1.04. The molecule has 5 nitrogen and oxygen atoms in total. The minimum Gasteiger partial charge on any atom is -0.459 e. The molecule has 1 amide bonds. The van der Waals surface area contributed by atoms with Crippen LogP contribution in [0, 0.1) is 0 Å². The Morgan fingerprint density at radius 1 is 1.45 bits per heavy atom. The van der Waals surface area contributed by atoms with E-state index < -0.39 is 14.8 Å². The summed E-state index contributed by atoms with van der Waals surface area (Å²) >= 11 is 6.66. The third-order valence-corrected chi connectivity index (χ3v) is 4.13. The number of halogens is 2. The van der Waals surface area contributed by atoms with E-state index in [0.717, 1.165) is 0 Å². The molecule has 0 unspecified atom stereocenters. The Hall–Kier alpha value is -0.950. The van der Waals surface area contributed by atoms with E-state index in [0.29, 0.717) is 11.4 Å². The summed E-state index contributed by atoms with van der Waals surface area (Å²) in [6, 6.07) is 3.51. The van der Waals surface area contributed by atoms with Crippen molar-refractivity contribution in [1.29, 1.82) is 0 Å². The SMILES string of the molecule is CC(C)(C)OC(=O)CN1C(=O)C(Br)(Br)c2cccnc21. The number of anilines is 1. The second kappa shape index (κ2) is 5.11. The maximum atomic E-state index is 12.4. The summed E-state index contributed by atoms with van der Waals surface area (Å²) in [5.74, 6) is -0.311. The van der Waals surface area contributed by atoms with E-state index >= 15 is 0 Å². The molecular weight excluding hydrogens is 392 g/mol. The molecule has 2 heterocycles. The van der Waals surface area contributed by atoms with Crippen molar-refractivity contribution >= 4 is 49.6 Å². The highest BCUT2D eigenvalue weighted by atomic mass is 79.9. The number of amides is 1. The normalized spacial score (nSPS) is 17.1. The van der Waals surface area contributed by atoms with Crippen LogP contribution in [-0.2, 0) is 17.6 Å². The van der Waals surface area contributed by atoms with E-state index in [2.05, 4.69) is 36.8 Å². The summed E-state index contributed by atoms with van der Waals surface area (Å²) in [6.45, 7) is 5.17. The average molecular weight is 406 g/mol. The molecular formula is C13H14Br2N2O3. The number of nitrogens with zero attached hydrogens (tertiary/aromatic N) is 2. The van der Waals surface area contributed by atoms with Gasteiger partial charge in [-0.1, -0.05) is 37.9 Å². The summed E-state index contributed by atoms with van der Waals surface area (Å²) in [5.41, 5.74) is 0.0840. The van der Waals surface area contributed by atoms with Crippen LogP contribution in [0.1, 0.15) is 26.3 Å². The van der Waals surface area contributed by atoms with Crippen molar-refractivity contribution in [3.8, 4) is 0 Å². The van der Waals surface area contributed by atoms with E-state index in [1.54, 1.807) is 39.1 Å². The molecule has 0 aliphatic carbocycles. The molecule has 1 aliphatic heterocycles. The first-order chi connectivity index (χ1) is 9.13. The lowest BCUT2D eigenvalue weighted by Gasteiger charge is -2.22. The number of fused-ring (bicyclic) bond motifs is 1. The Bertz CT molecular complexity index is 567. The number of esters is 1. The molecule has 108 valence electrons. The molecule has 20 heavy (non-hydrogen) atoms. The zero-order valence-electron chi connectivity index (χ0n) is 11.3. The standard InChI is InChI=1S/C13H14Br2N2O3/c1-12(2,3)20-9(18)7-17-10-8(5-4-6-16-10)13(14,15)11(17)19/h4-6H,7H2,1-3H3. The van der Waals surface area contributed by atoms with E-state index in [9.17, 15) is 9.59 Å². The predicted molar refractivity (Wildman–Crippen MR) is 82.0 cm³/mol. The molecule has 0 saturated carbocycles. The van der Waals surface area contributed by atoms with E-state index in [-0.39, 0.29) is 12.5 Å². The first-order valence-corrected chi connectivity index (χ1v) is 7.58. The largest absolute Gasteiger partial charge is 0.459 e.